The van der Waals surface area contributed by atoms with Crippen LogP contribution in [0.5, 0.6) is 51.7 Å². The summed E-state index contributed by atoms with van der Waals surface area (Å²) in [5.74, 6) is -10.0. The number of ether oxygens (including phenoxy) is 6. The Morgan fingerprint density at radius 1 is 0.439 bits per heavy atom. The Kier molecular flexibility index (Phi) is 11.2. The summed E-state index contributed by atoms with van der Waals surface area (Å²) in [7, 11) is 4.18. The van der Waals surface area contributed by atoms with Crippen LogP contribution in [0.15, 0.2) is 95.3 Å². The Bertz CT molecular complexity index is 2660. The van der Waals surface area contributed by atoms with E-state index in [0.717, 1.165) is 18.2 Å². The molecule has 12 N–H and O–H groups in total. The second-order valence-corrected chi connectivity index (χ2v) is 17.3. The van der Waals surface area contributed by atoms with Crippen molar-refractivity contribution < 1.29 is 89.7 Å². The fourth-order valence-electron chi connectivity index (χ4n) is 10.6. The van der Waals surface area contributed by atoms with Crippen molar-refractivity contribution in [2.24, 2.45) is 17.8 Å². The van der Waals surface area contributed by atoms with Gasteiger partial charge in [-0.25, -0.2) is 0 Å². The minimum absolute atomic E-state index is 0.00350. The number of hydrogen-bond acceptors (Lipinski definition) is 18. The maximum Gasteiger partial charge on any atom is 0.153 e. The van der Waals surface area contributed by atoms with Crippen LogP contribution in [0.1, 0.15) is 58.9 Å². The van der Waals surface area contributed by atoms with Crippen LogP contribution in [0.3, 0.4) is 0 Å². The molecule has 3 aliphatic heterocycles. The Morgan fingerprint density at radius 2 is 0.864 bits per heavy atom. The molecule has 11 atom stereocenters. The topological polar surface area (TPSA) is 298 Å². The van der Waals surface area contributed by atoms with Crippen molar-refractivity contribution in [2.75, 3.05) is 21.3 Å². The number of benzene rings is 3. The molecule has 3 aromatic rings. The molecule has 350 valence electrons. The van der Waals surface area contributed by atoms with Gasteiger partial charge in [0.05, 0.1) is 17.9 Å². The molecular weight excluding hydrogens is 865 g/mol. The second kappa shape index (κ2) is 16.8. The predicted octanol–water partition coefficient (Wildman–Crippen LogP) is 6.77. The molecule has 66 heavy (non-hydrogen) atoms. The smallest absolute Gasteiger partial charge is 0.153 e. The maximum atomic E-state index is 12.2. The van der Waals surface area contributed by atoms with E-state index in [9.17, 15) is 61.3 Å². The molecule has 3 unspecified atom stereocenters. The number of aliphatic hydroxyl groups excluding tert-OH is 6. The summed E-state index contributed by atoms with van der Waals surface area (Å²) in [4.78, 5) is 0. The molecule has 0 saturated carbocycles. The van der Waals surface area contributed by atoms with E-state index in [1.165, 1.54) is 63.9 Å². The number of fused-ring (bicyclic) bond motifs is 3. The molecule has 3 heterocycles. The molecule has 0 saturated heterocycles. The van der Waals surface area contributed by atoms with Crippen LogP contribution in [-0.4, -0.2) is 119 Å². The van der Waals surface area contributed by atoms with Gasteiger partial charge in [0.2, 0.25) is 0 Å². The van der Waals surface area contributed by atoms with Gasteiger partial charge in [-0.05, 0) is 55.7 Å². The van der Waals surface area contributed by atoms with Crippen molar-refractivity contribution in [1.82, 2.24) is 0 Å². The van der Waals surface area contributed by atoms with Gasteiger partial charge < -0.3 is 89.7 Å². The summed E-state index contributed by atoms with van der Waals surface area (Å²) in [6, 6.07) is 4.49. The van der Waals surface area contributed by atoms with Crippen LogP contribution in [0, 0.1) is 17.8 Å². The summed E-state index contributed by atoms with van der Waals surface area (Å²) in [6.07, 6.45) is 2.63. The van der Waals surface area contributed by atoms with Crippen LogP contribution in [0.25, 0.3) is 0 Å². The van der Waals surface area contributed by atoms with Crippen LogP contribution in [-0.2, 0) is 20.6 Å². The number of allylic oxidation sites excluding steroid dienone is 3. The summed E-state index contributed by atoms with van der Waals surface area (Å²) in [5.41, 5.74) is 0.106. The van der Waals surface area contributed by atoms with Crippen molar-refractivity contribution in [2.45, 2.75) is 74.1 Å². The number of rotatable bonds is 8. The number of hydrogen-bond donors (Lipinski definition) is 12. The molecule has 0 aromatic heterocycles. The minimum atomic E-state index is -1.32. The van der Waals surface area contributed by atoms with Crippen molar-refractivity contribution in [3.05, 3.63) is 123 Å². The summed E-state index contributed by atoms with van der Waals surface area (Å²) in [5, 5.41) is 133. The normalized spacial score (nSPS) is 30.3. The molecule has 0 amide bonds. The Morgan fingerprint density at radius 3 is 1.35 bits per heavy atom. The third-order valence-electron chi connectivity index (χ3n) is 13.7. The average Bonchev–Trinajstić information content (AvgIpc) is 3.28. The highest BCUT2D eigenvalue weighted by molar-refractivity contribution is 5.70. The molecule has 0 spiro atoms. The number of methoxy groups -OCH3 is 3. The average molecular weight is 915 g/mol. The molecule has 9 rings (SSSR count). The Hall–Kier alpha value is -7.02. The number of phenolic OH excluding ortho intramolecular Hbond substituents is 6. The molecule has 0 radical (unpaired) electrons. The number of aromatic hydroxyl groups is 6. The SMILES string of the molecule is CO[C@@H]1[C@@H](c2c(O)cc(O)c3c2O[C@H](C2C=C(O)C(O)=CC2)[C@H](OC)C3)c2c(O)cc(O)c([C@H]3c4c(O)cc(O)cc4O[C@H](C4C=C(O)C(O)=CC4)[C@@H]3OC)c2O[C@@H]1C1C=C(O)C(O)=CC1. The molecular formula is C48H50O18. The molecule has 18 nitrogen and oxygen atoms in total. The van der Waals surface area contributed by atoms with Crippen LogP contribution >= 0.6 is 0 Å². The van der Waals surface area contributed by atoms with Gasteiger partial charge in [-0.1, -0.05) is 0 Å². The van der Waals surface area contributed by atoms with E-state index in [-0.39, 0.29) is 105 Å². The van der Waals surface area contributed by atoms with E-state index in [0.29, 0.717) is 0 Å². The van der Waals surface area contributed by atoms with Gasteiger partial charge in [-0.2, -0.15) is 0 Å². The quantitative estimate of drug-likeness (QED) is 0.111. The van der Waals surface area contributed by atoms with Gasteiger partial charge in [0.15, 0.2) is 34.6 Å². The highest BCUT2D eigenvalue weighted by atomic mass is 16.6. The minimum Gasteiger partial charge on any atom is -0.508 e. The maximum absolute atomic E-state index is 12.2. The first kappa shape index (κ1) is 44.2. The summed E-state index contributed by atoms with van der Waals surface area (Å²) >= 11 is 0. The van der Waals surface area contributed by atoms with Gasteiger partial charge in [0.1, 0.15) is 82.3 Å². The lowest BCUT2D eigenvalue weighted by Crippen LogP contribution is -2.49. The largest absolute Gasteiger partial charge is 0.508 e. The predicted molar refractivity (Wildman–Crippen MR) is 231 cm³/mol. The Labute approximate surface area is 377 Å². The van der Waals surface area contributed by atoms with Gasteiger partial charge in [-0.15, -0.1) is 0 Å². The lowest BCUT2D eigenvalue weighted by molar-refractivity contribution is -0.0507. The van der Waals surface area contributed by atoms with Crippen molar-refractivity contribution in [3.63, 3.8) is 0 Å². The molecule has 3 aromatic carbocycles. The third kappa shape index (κ3) is 7.15. The lowest BCUT2D eigenvalue weighted by Gasteiger charge is -2.46. The molecule has 3 aliphatic carbocycles. The lowest BCUT2D eigenvalue weighted by atomic mass is 9.71. The van der Waals surface area contributed by atoms with Gasteiger partial charge in [0, 0.05) is 97.6 Å². The van der Waals surface area contributed by atoms with Crippen molar-refractivity contribution >= 4 is 0 Å². The Balaban J connectivity index is 1.30. The third-order valence-corrected chi connectivity index (χ3v) is 13.7. The van der Waals surface area contributed by atoms with Gasteiger partial charge >= 0.3 is 0 Å². The number of phenols is 6. The fourth-order valence-corrected chi connectivity index (χ4v) is 10.6. The first-order valence-corrected chi connectivity index (χ1v) is 21.3. The number of aliphatic hydroxyl groups is 6. The van der Waals surface area contributed by atoms with Crippen molar-refractivity contribution in [1.29, 1.82) is 0 Å². The van der Waals surface area contributed by atoms with Crippen LogP contribution < -0.4 is 14.2 Å². The van der Waals surface area contributed by atoms with E-state index < -0.39 is 101 Å². The van der Waals surface area contributed by atoms with E-state index in [1.54, 1.807) is 0 Å². The summed E-state index contributed by atoms with van der Waals surface area (Å²) < 4.78 is 38.4. The van der Waals surface area contributed by atoms with Crippen LogP contribution in [0.2, 0.25) is 0 Å². The molecule has 6 aliphatic rings. The standard InChI is InChI=1S/C48H50O18/c1-61-35-15-22-26(53)16-31(58)37(45(22)65-42(35)18-4-7-23(50)27(54)10-18)41-39-33(60)17-32(59)38(46(39)66-44(48(41)63-3)20-6-9-25(52)29(56)12-20)40-36-30(57)13-21(49)14-34(36)64-43(47(40)62-2)19-5-8-24(51)28(55)11-19/h7-14,16-20,35,40-44,47-60H,4-6,15H2,1-3H3/t18?,19?,20?,35-,40-,41+,42-,43-,44-,47-,48-/m1/s1. The molecule has 18 heteroatoms. The van der Waals surface area contributed by atoms with E-state index >= 15 is 0 Å². The fraction of sp³-hybridized carbons (Fsp3) is 0.375. The summed E-state index contributed by atoms with van der Waals surface area (Å²) in [6.45, 7) is 0. The van der Waals surface area contributed by atoms with Crippen molar-refractivity contribution in [3.8, 4) is 51.7 Å². The van der Waals surface area contributed by atoms with Crippen LogP contribution in [0.4, 0.5) is 0 Å². The zero-order valence-corrected chi connectivity index (χ0v) is 35.8. The highest BCUT2D eigenvalue weighted by Crippen LogP contribution is 2.61. The first-order valence-electron chi connectivity index (χ1n) is 21.3. The van der Waals surface area contributed by atoms with E-state index in [2.05, 4.69) is 0 Å². The second-order valence-electron chi connectivity index (χ2n) is 17.3. The van der Waals surface area contributed by atoms with Gasteiger partial charge in [0.25, 0.3) is 0 Å². The highest BCUT2D eigenvalue weighted by Gasteiger charge is 2.53. The van der Waals surface area contributed by atoms with Gasteiger partial charge in [-0.3, -0.25) is 0 Å². The molecule has 0 bridgehead atoms. The monoisotopic (exact) mass is 914 g/mol. The zero-order chi connectivity index (χ0) is 47.0. The first-order chi connectivity index (χ1) is 31.5. The molecule has 0 fully saturated rings. The van der Waals surface area contributed by atoms with E-state index in [1.807, 2.05) is 0 Å². The zero-order valence-electron chi connectivity index (χ0n) is 35.8. The van der Waals surface area contributed by atoms with E-state index in [4.69, 9.17) is 28.4 Å².